The number of aromatic amines is 1. The summed E-state index contributed by atoms with van der Waals surface area (Å²) in [6.45, 7) is 1.25. The van der Waals surface area contributed by atoms with E-state index in [9.17, 15) is 19.5 Å². The minimum atomic E-state index is -1.55. The zero-order valence-corrected chi connectivity index (χ0v) is 13.5. The van der Waals surface area contributed by atoms with Crippen LogP contribution in [0.15, 0.2) is 52.2 Å². The average Bonchev–Trinajstić information content (AvgIpc) is 2.92. The molecule has 25 heavy (non-hydrogen) atoms. The molecule has 0 bridgehead atoms. The van der Waals surface area contributed by atoms with Crippen LogP contribution in [0.4, 0.5) is 0 Å². The van der Waals surface area contributed by atoms with Crippen molar-refractivity contribution in [3.8, 4) is 0 Å². The Hall–Kier alpha value is -2.71. The molecule has 1 saturated heterocycles. The molecule has 1 aromatic carbocycles. The number of nitrogens with zero attached hydrogens (tertiary/aromatic N) is 1. The summed E-state index contributed by atoms with van der Waals surface area (Å²) >= 11 is 0. The van der Waals surface area contributed by atoms with Crippen LogP contribution in [-0.2, 0) is 9.47 Å². The topological polar surface area (TPSA) is 111 Å². The zero-order valence-electron chi connectivity index (χ0n) is 13.5. The molecule has 8 heteroatoms. The highest BCUT2D eigenvalue weighted by atomic mass is 16.7. The Morgan fingerprint density at radius 2 is 2.08 bits per heavy atom. The van der Waals surface area contributed by atoms with Crippen LogP contribution in [0.1, 0.15) is 29.9 Å². The quantitative estimate of drug-likeness (QED) is 0.786. The van der Waals surface area contributed by atoms with Gasteiger partial charge in [-0.3, -0.25) is 14.3 Å². The molecule has 0 aliphatic carbocycles. The summed E-state index contributed by atoms with van der Waals surface area (Å²) in [6, 6.07) is 9.55. The number of hydrogen-bond donors (Lipinski definition) is 2. The van der Waals surface area contributed by atoms with Gasteiger partial charge in [-0.25, -0.2) is 9.59 Å². The van der Waals surface area contributed by atoms with Crippen molar-refractivity contribution in [1.29, 1.82) is 0 Å². The monoisotopic (exact) mass is 346 g/mol. The first-order valence-electron chi connectivity index (χ1n) is 7.83. The summed E-state index contributed by atoms with van der Waals surface area (Å²) < 4.78 is 12.4. The van der Waals surface area contributed by atoms with Crippen LogP contribution in [-0.4, -0.2) is 33.0 Å². The van der Waals surface area contributed by atoms with Gasteiger partial charge in [-0.1, -0.05) is 25.1 Å². The van der Waals surface area contributed by atoms with Gasteiger partial charge in [0.2, 0.25) is 5.79 Å². The lowest BCUT2D eigenvalue weighted by molar-refractivity contribution is -0.226. The predicted molar refractivity (Wildman–Crippen MR) is 86.9 cm³/mol. The molecule has 8 nitrogen and oxygen atoms in total. The molecule has 3 atom stereocenters. The zero-order chi connectivity index (χ0) is 18.0. The van der Waals surface area contributed by atoms with E-state index < -0.39 is 35.8 Å². The van der Waals surface area contributed by atoms with Gasteiger partial charge in [-0.05, 0) is 12.1 Å². The van der Waals surface area contributed by atoms with E-state index in [2.05, 4.69) is 4.98 Å². The van der Waals surface area contributed by atoms with Crippen molar-refractivity contribution in [1.82, 2.24) is 9.55 Å². The normalized spacial score (nSPS) is 25.7. The van der Waals surface area contributed by atoms with Gasteiger partial charge >= 0.3 is 11.7 Å². The highest BCUT2D eigenvalue weighted by molar-refractivity contribution is 5.89. The van der Waals surface area contributed by atoms with E-state index in [0.29, 0.717) is 5.56 Å². The molecule has 0 amide bonds. The predicted octanol–water partition coefficient (Wildman–Crippen LogP) is 0.637. The lowest BCUT2D eigenvalue weighted by Crippen LogP contribution is -2.40. The minimum absolute atomic E-state index is 0.207. The van der Waals surface area contributed by atoms with E-state index in [4.69, 9.17) is 9.47 Å². The van der Waals surface area contributed by atoms with Crippen LogP contribution >= 0.6 is 0 Å². The molecule has 0 saturated carbocycles. The van der Waals surface area contributed by atoms with Crippen LogP contribution in [0.3, 0.4) is 0 Å². The van der Waals surface area contributed by atoms with Gasteiger partial charge in [0.15, 0.2) is 0 Å². The van der Waals surface area contributed by atoms with Crippen molar-refractivity contribution in [2.24, 2.45) is 5.92 Å². The number of benzene rings is 1. The molecule has 0 spiro atoms. The second kappa shape index (κ2) is 6.66. The molecule has 1 fully saturated rings. The number of aliphatic hydroxyl groups excluding tert-OH is 1. The second-order valence-electron chi connectivity index (χ2n) is 6.03. The largest absolute Gasteiger partial charge is 0.427 e. The van der Waals surface area contributed by atoms with Crippen LogP contribution in [0.2, 0.25) is 0 Å². The molecule has 1 aliphatic rings. The standard InChI is InChI=1S/C17H18N2O6/c1-11-9-17(10-20,25-15(22)12-5-3-2-4-6-12)24-14(11)19-8-7-13(21)18-16(19)23/h2-8,11,14,20H,9-10H2,1H3,(H,18,21,23)/t11-,14+,17+/m0/s1. The van der Waals surface area contributed by atoms with Crippen molar-refractivity contribution >= 4 is 5.97 Å². The lowest BCUT2D eigenvalue weighted by Gasteiger charge is -2.27. The maximum atomic E-state index is 12.3. The molecule has 1 aromatic heterocycles. The third-order valence-electron chi connectivity index (χ3n) is 4.11. The molecule has 132 valence electrons. The SMILES string of the molecule is C[C@H]1C[C@](CO)(OC(=O)c2ccccc2)O[C@H]1n1ccc(=O)[nH]c1=O. The van der Waals surface area contributed by atoms with E-state index in [1.807, 2.05) is 0 Å². The molecule has 1 aliphatic heterocycles. The summed E-state index contributed by atoms with van der Waals surface area (Å²) in [4.78, 5) is 37.6. The van der Waals surface area contributed by atoms with Gasteiger partial charge in [0.1, 0.15) is 12.8 Å². The first kappa shape index (κ1) is 17.1. The van der Waals surface area contributed by atoms with E-state index in [0.717, 1.165) is 0 Å². The number of ether oxygens (including phenoxy) is 2. The maximum absolute atomic E-state index is 12.3. The molecule has 0 unspecified atom stereocenters. The Balaban J connectivity index is 1.85. The Bertz CT molecular complexity index is 874. The van der Waals surface area contributed by atoms with E-state index in [1.54, 1.807) is 37.3 Å². The smallest absolute Gasteiger partial charge is 0.340 e. The number of carbonyl (C=O) groups is 1. The Morgan fingerprint density at radius 3 is 2.72 bits per heavy atom. The minimum Gasteiger partial charge on any atom is -0.427 e. The molecule has 2 heterocycles. The Kier molecular flexibility index (Phi) is 4.56. The highest BCUT2D eigenvalue weighted by Crippen LogP contribution is 2.41. The summed E-state index contributed by atoms with van der Waals surface area (Å²) in [5.74, 6) is -2.41. The van der Waals surface area contributed by atoms with Crippen LogP contribution in [0.5, 0.6) is 0 Å². The first-order valence-corrected chi connectivity index (χ1v) is 7.83. The third-order valence-corrected chi connectivity index (χ3v) is 4.11. The molecule has 2 N–H and O–H groups in total. The molecule has 3 rings (SSSR count). The molecular formula is C17H18N2O6. The summed E-state index contributed by atoms with van der Waals surface area (Å²) in [6.07, 6.45) is 0.743. The van der Waals surface area contributed by atoms with Gasteiger partial charge in [0.05, 0.1) is 5.56 Å². The first-order chi connectivity index (χ1) is 11.9. The third kappa shape index (κ3) is 3.40. The van der Waals surface area contributed by atoms with Gasteiger partial charge in [0, 0.05) is 24.6 Å². The number of esters is 1. The highest BCUT2D eigenvalue weighted by Gasteiger charge is 2.48. The van der Waals surface area contributed by atoms with Crippen LogP contribution in [0, 0.1) is 5.92 Å². The van der Waals surface area contributed by atoms with Crippen molar-refractivity contribution in [2.75, 3.05) is 6.61 Å². The summed E-state index contributed by atoms with van der Waals surface area (Å²) in [5, 5.41) is 9.76. The van der Waals surface area contributed by atoms with Crippen molar-refractivity contribution in [2.45, 2.75) is 25.4 Å². The molecule has 2 aromatic rings. The average molecular weight is 346 g/mol. The number of nitrogens with one attached hydrogen (secondary N) is 1. The van der Waals surface area contributed by atoms with Gasteiger partial charge in [-0.2, -0.15) is 0 Å². The summed E-state index contributed by atoms with van der Waals surface area (Å²) in [5.41, 5.74) is -0.820. The number of aromatic nitrogens is 2. The number of rotatable bonds is 4. The number of H-pyrrole nitrogens is 1. The van der Waals surface area contributed by atoms with E-state index in [1.165, 1.54) is 16.8 Å². The fourth-order valence-corrected chi connectivity index (χ4v) is 2.94. The van der Waals surface area contributed by atoms with E-state index >= 15 is 0 Å². The van der Waals surface area contributed by atoms with Crippen molar-refractivity contribution in [3.05, 3.63) is 69.0 Å². The summed E-state index contributed by atoms with van der Waals surface area (Å²) in [7, 11) is 0. The fourth-order valence-electron chi connectivity index (χ4n) is 2.94. The number of carbonyl (C=O) groups excluding carboxylic acids is 1. The van der Waals surface area contributed by atoms with Crippen LogP contribution in [0.25, 0.3) is 0 Å². The fraction of sp³-hybridized carbons (Fsp3) is 0.353. The maximum Gasteiger partial charge on any atom is 0.340 e. The van der Waals surface area contributed by atoms with E-state index in [-0.39, 0.29) is 12.3 Å². The molecule has 0 radical (unpaired) electrons. The van der Waals surface area contributed by atoms with Gasteiger partial charge < -0.3 is 14.6 Å². The Morgan fingerprint density at radius 1 is 1.36 bits per heavy atom. The lowest BCUT2D eigenvalue weighted by atomic mass is 10.0. The van der Waals surface area contributed by atoms with Crippen molar-refractivity contribution < 1.29 is 19.4 Å². The molecular weight excluding hydrogens is 328 g/mol. The number of hydrogen-bond acceptors (Lipinski definition) is 6. The van der Waals surface area contributed by atoms with Crippen LogP contribution < -0.4 is 11.2 Å². The second-order valence-corrected chi connectivity index (χ2v) is 6.03. The van der Waals surface area contributed by atoms with Gasteiger partial charge in [0.25, 0.3) is 5.56 Å². The van der Waals surface area contributed by atoms with Gasteiger partial charge in [-0.15, -0.1) is 0 Å². The number of aliphatic hydroxyl groups is 1. The van der Waals surface area contributed by atoms with Crippen molar-refractivity contribution in [3.63, 3.8) is 0 Å². The Labute approximate surface area is 142 Å².